The maximum Gasteiger partial charge on any atom is 0.197 e. The van der Waals surface area contributed by atoms with Crippen LogP contribution >= 0.6 is 22.7 Å². The number of ketones is 3. The fourth-order valence-electron chi connectivity index (χ4n) is 8.64. The molecule has 0 N–H and O–H groups in total. The van der Waals surface area contributed by atoms with Crippen molar-refractivity contribution >= 4 is 72.3 Å². The highest BCUT2D eigenvalue weighted by Crippen LogP contribution is 2.58. The molecular weight excluding hydrogens is 645 g/mol. The normalized spacial score (nSPS) is 18.7. The van der Waals surface area contributed by atoms with Crippen LogP contribution in [0.4, 0.5) is 0 Å². The Morgan fingerprint density at radius 3 is 1.78 bits per heavy atom. The van der Waals surface area contributed by atoms with Gasteiger partial charge in [-0.25, -0.2) is 0 Å². The Labute approximate surface area is 291 Å². The smallest absolute Gasteiger partial charge is 0.197 e. The van der Waals surface area contributed by atoms with Gasteiger partial charge in [-0.2, -0.15) is 0 Å². The topological polar surface area (TPSA) is 60.4 Å². The van der Waals surface area contributed by atoms with E-state index in [1.807, 2.05) is 42.5 Å². The van der Waals surface area contributed by atoms with Crippen LogP contribution in [0, 0.1) is 0 Å². The van der Waals surface area contributed by atoms with Crippen LogP contribution in [0.1, 0.15) is 89.6 Å². The molecule has 1 fully saturated rings. The summed E-state index contributed by atoms with van der Waals surface area (Å²) in [5.41, 5.74) is 9.01. The van der Waals surface area contributed by atoms with E-state index < -0.39 is 0 Å². The highest BCUT2D eigenvalue weighted by molar-refractivity contribution is 7.20. The quantitative estimate of drug-likeness (QED) is 0.135. The van der Waals surface area contributed by atoms with Crippen molar-refractivity contribution in [2.24, 2.45) is 0 Å². The van der Waals surface area contributed by atoms with Gasteiger partial charge in [0.1, 0.15) is 0 Å². The SMILES string of the molecule is O=C1/C(=C/c2cc3cc4c(cc3s2)-c2cc3sc(C=C5C(=O)c6ccccc6C5=O)cc3cc2C42CCCCC2)COCc2ccccc21. The second-order valence-corrected chi connectivity index (χ2v) is 16.0. The number of ether oxygens (including phenoxy) is 1. The summed E-state index contributed by atoms with van der Waals surface area (Å²) < 4.78 is 8.27. The Morgan fingerprint density at radius 2 is 1.14 bits per heavy atom. The minimum absolute atomic E-state index is 0.0275. The van der Waals surface area contributed by atoms with Crippen molar-refractivity contribution in [2.75, 3.05) is 6.61 Å². The van der Waals surface area contributed by atoms with Crippen molar-refractivity contribution < 1.29 is 19.1 Å². The molecule has 0 saturated heterocycles. The summed E-state index contributed by atoms with van der Waals surface area (Å²) in [5, 5.41) is 2.38. The molecule has 1 saturated carbocycles. The number of allylic oxidation sites excluding steroid dienone is 1. The van der Waals surface area contributed by atoms with Gasteiger partial charge in [0, 0.05) is 46.8 Å². The molecule has 238 valence electrons. The van der Waals surface area contributed by atoms with Gasteiger partial charge in [0.25, 0.3) is 0 Å². The molecule has 4 aromatic carbocycles. The van der Waals surface area contributed by atoms with E-state index in [2.05, 4.69) is 36.4 Å². The number of carbonyl (C=O) groups excluding carboxylic acids is 3. The molecule has 10 rings (SSSR count). The van der Waals surface area contributed by atoms with Gasteiger partial charge in [-0.15, -0.1) is 22.7 Å². The first kappa shape index (κ1) is 29.2. The van der Waals surface area contributed by atoms with E-state index in [4.69, 9.17) is 4.74 Å². The highest BCUT2D eigenvalue weighted by atomic mass is 32.1. The Bertz CT molecular complexity index is 2480. The molecule has 49 heavy (non-hydrogen) atoms. The van der Waals surface area contributed by atoms with Gasteiger partial charge in [0.05, 0.1) is 18.8 Å². The number of hydrogen-bond donors (Lipinski definition) is 0. The molecule has 0 unspecified atom stereocenters. The summed E-state index contributed by atoms with van der Waals surface area (Å²) in [7, 11) is 0. The first-order valence-electron chi connectivity index (χ1n) is 16.9. The molecule has 3 aliphatic carbocycles. The molecule has 0 bridgehead atoms. The molecule has 1 spiro atoms. The Hall–Kier alpha value is -4.75. The Morgan fingerprint density at radius 1 is 0.571 bits per heavy atom. The molecular formula is C43H30O4S2. The van der Waals surface area contributed by atoms with Crippen molar-refractivity contribution in [2.45, 2.75) is 44.1 Å². The summed E-state index contributed by atoms with van der Waals surface area (Å²) >= 11 is 3.36. The maximum absolute atomic E-state index is 13.5. The number of hydrogen-bond acceptors (Lipinski definition) is 6. The van der Waals surface area contributed by atoms with E-state index in [1.54, 1.807) is 40.9 Å². The number of benzene rings is 4. The van der Waals surface area contributed by atoms with Crippen molar-refractivity contribution in [1.82, 2.24) is 0 Å². The van der Waals surface area contributed by atoms with Gasteiger partial charge >= 0.3 is 0 Å². The molecule has 3 heterocycles. The molecule has 2 aromatic heterocycles. The lowest BCUT2D eigenvalue weighted by molar-refractivity contribution is 0.0984. The minimum Gasteiger partial charge on any atom is -0.372 e. The molecule has 4 nitrogen and oxygen atoms in total. The maximum atomic E-state index is 13.5. The van der Waals surface area contributed by atoms with E-state index in [0.29, 0.717) is 29.9 Å². The van der Waals surface area contributed by atoms with Gasteiger partial charge < -0.3 is 4.74 Å². The lowest BCUT2D eigenvalue weighted by Crippen LogP contribution is -2.28. The van der Waals surface area contributed by atoms with Crippen LogP contribution in [-0.2, 0) is 16.8 Å². The van der Waals surface area contributed by atoms with Crippen molar-refractivity contribution in [3.8, 4) is 11.1 Å². The third kappa shape index (κ3) is 4.41. The number of fused-ring (bicyclic) bond motifs is 9. The number of thiophene rings is 2. The van der Waals surface area contributed by atoms with Gasteiger partial charge in [-0.1, -0.05) is 67.8 Å². The third-order valence-corrected chi connectivity index (χ3v) is 13.0. The third-order valence-electron chi connectivity index (χ3n) is 11.0. The predicted molar refractivity (Wildman–Crippen MR) is 198 cm³/mol. The average molecular weight is 675 g/mol. The number of Topliss-reactive ketones (excluding diaryl/α,β-unsaturated/α-hetero) is 3. The van der Waals surface area contributed by atoms with Gasteiger partial charge in [-0.05, 0) is 100.0 Å². The van der Waals surface area contributed by atoms with Gasteiger partial charge in [0.2, 0.25) is 0 Å². The highest BCUT2D eigenvalue weighted by Gasteiger charge is 2.44. The minimum atomic E-state index is -0.189. The summed E-state index contributed by atoms with van der Waals surface area (Å²) in [6.45, 7) is 0.750. The van der Waals surface area contributed by atoms with Gasteiger partial charge in [0.15, 0.2) is 17.3 Å². The summed E-state index contributed by atoms with van der Waals surface area (Å²) in [6.07, 6.45) is 9.72. The van der Waals surface area contributed by atoms with Crippen molar-refractivity contribution in [3.05, 3.63) is 139 Å². The molecule has 0 atom stereocenters. The lowest BCUT2D eigenvalue weighted by Gasteiger charge is -2.36. The average Bonchev–Trinajstić information content (AvgIpc) is 3.81. The number of rotatable bonds is 2. The zero-order chi connectivity index (χ0) is 32.9. The van der Waals surface area contributed by atoms with Crippen LogP contribution in [0.5, 0.6) is 0 Å². The van der Waals surface area contributed by atoms with E-state index in [1.165, 1.54) is 51.6 Å². The first-order valence-corrected chi connectivity index (χ1v) is 18.6. The van der Waals surface area contributed by atoms with Crippen molar-refractivity contribution in [1.29, 1.82) is 0 Å². The molecule has 0 radical (unpaired) electrons. The summed E-state index contributed by atoms with van der Waals surface area (Å²) in [5.74, 6) is -0.331. The largest absolute Gasteiger partial charge is 0.372 e. The molecule has 6 aromatic rings. The summed E-state index contributed by atoms with van der Waals surface area (Å²) in [6, 6.07) is 28.7. The monoisotopic (exact) mass is 674 g/mol. The Balaban J connectivity index is 1.07. The van der Waals surface area contributed by atoms with E-state index in [9.17, 15) is 14.4 Å². The van der Waals surface area contributed by atoms with Crippen LogP contribution < -0.4 is 0 Å². The molecule has 4 aliphatic rings. The van der Waals surface area contributed by atoms with E-state index in [-0.39, 0.29) is 28.3 Å². The number of carbonyl (C=O) groups is 3. The van der Waals surface area contributed by atoms with E-state index in [0.717, 1.165) is 43.8 Å². The molecule has 0 amide bonds. The molecule has 1 aliphatic heterocycles. The van der Waals surface area contributed by atoms with Crippen LogP contribution in [0.25, 0.3) is 43.5 Å². The standard InChI is InChI=1S/C43H30O4S2/c44-40-27(23-47-22-24-8-2-3-9-30(24)40)16-28-14-25-17-36-33(20-38(25)48-28)34-21-39-26(18-37(34)43(36)12-6-1-7-13-43)15-29(49-39)19-35-41(45)31-10-4-5-11-32(31)42(35)46/h2-5,8-11,14-21H,1,6-7,12-13,22-23H2/b27-16+. The van der Waals surface area contributed by atoms with Crippen LogP contribution in [0.2, 0.25) is 0 Å². The van der Waals surface area contributed by atoms with Gasteiger partial charge in [-0.3, -0.25) is 14.4 Å². The zero-order valence-electron chi connectivity index (χ0n) is 26.6. The lowest BCUT2D eigenvalue weighted by atomic mass is 9.67. The van der Waals surface area contributed by atoms with Crippen LogP contribution in [0.3, 0.4) is 0 Å². The van der Waals surface area contributed by atoms with Crippen LogP contribution in [-0.4, -0.2) is 24.0 Å². The van der Waals surface area contributed by atoms with Crippen molar-refractivity contribution in [3.63, 3.8) is 0 Å². The first-order chi connectivity index (χ1) is 24.0. The fraction of sp³-hybridized carbons (Fsp3) is 0.186. The zero-order valence-corrected chi connectivity index (χ0v) is 28.3. The van der Waals surface area contributed by atoms with Crippen LogP contribution in [0.15, 0.2) is 96.1 Å². The predicted octanol–water partition coefficient (Wildman–Crippen LogP) is 10.6. The second kappa shape index (κ2) is 10.9. The molecule has 6 heteroatoms. The second-order valence-electron chi connectivity index (χ2n) is 13.7. The Kier molecular flexibility index (Phi) is 6.48. The van der Waals surface area contributed by atoms with E-state index >= 15 is 0 Å². The summed E-state index contributed by atoms with van der Waals surface area (Å²) in [4.78, 5) is 41.7. The fourth-order valence-corrected chi connectivity index (χ4v) is 10.7.